The average molecular weight is 360 g/mol. The number of imide groups is 1. The highest BCUT2D eigenvalue weighted by atomic mass is 32.2. The van der Waals surface area contributed by atoms with Crippen molar-refractivity contribution >= 4 is 29.5 Å². The van der Waals surface area contributed by atoms with Crippen LogP contribution in [0.15, 0.2) is 29.3 Å². The average Bonchev–Trinajstić information content (AvgIpc) is 2.90. The van der Waals surface area contributed by atoms with Crippen LogP contribution in [0.2, 0.25) is 0 Å². The normalized spacial score (nSPS) is 20.9. The van der Waals surface area contributed by atoms with Gasteiger partial charge in [0, 0.05) is 44.2 Å². The van der Waals surface area contributed by atoms with Crippen LogP contribution >= 0.6 is 11.8 Å². The standard InChI is InChI=1S/C18H24N4O2S/c1-3-13-12-21(10-11-25-13)18(19-2)20-8-9-22-16(23)14-6-4-5-7-15(14)17(22)24/h4-7,13H,3,8-12H2,1-2H3,(H,19,20). The van der Waals surface area contributed by atoms with Gasteiger partial charge in [-0.25, -0.2) is 0 Å². The molecule has 0 aliphatic carbocycles. The number of nitrogens with zero attached hydrogens (tertiary/aromatic N) is 3. The summed E-state index contributed by atoms with van der Waals surface area (Å²) in [6.45, 7) is 4.99. The Morgan fingerprint density at radius 2 is 1.96 bits per heavy atom. The van der Waals surface area contributed by atoms with E-state index in [-0.39, 0.29) is 11.8 Å². The number of carbonyl (C=O) groups is 2. The first kappa shape index (κ1) is 17.8. The Balaban J connectivity index is 1.56. The zero-order valence-electron chi connectivity index (χ0n) is 14.7. The van der Waals surface area contributed by atoms with Gasteiger partial charge in [-0.2, -0.15) is 11.8 Å². The Morgan fingerprint density at radius 3 is 2.56 bits per heavy atom. The molecule has 1 aromatic rings. The molecule has 1 atom stereocenters. The van der Waals surface area contributed by atoms with E-state index in [4.69, 9.17) is 0 Å². The van der Waals surface area contributed by atoms with Gasteiger partial charge in [-0.05, 0) is 18.6 Å². The predicted octanol–water partition coefficient (Wildman–Crippen LogP) is 1.69. The van der Waals surface area contributed by atoms with E-state index < -0.39 is 0 Å². The summed E-state index contributed by atoms with van der Waals surface area (Å²) in [5.74, 6) is 1.52. The second-order valence-electron chi connectivity index (χ2n) is 6.13. The van der Waals surface area contributed by atoms with Gasteiger partial charge in [0.15, 0.2) is 5.96 Å². The number of aliphatic imine (C=N–C) groups is 1. The third-order valence-corrected chi connectivity index (χ3v) is 5.97. The van der Waals surface area contributed by atoms with Crippen LogP contribution in [-0.2, 0) is 0 Å². The van der Waals surface area contributed by atoms with E-state index in [1.54, 1.807) is 31.3 Å². The zero-order chi connectivity index (χ0) is 17.8. The number of hydrogen-bond donors (Lipinski definition) is 1. The Labute approximate surface area is 152 Å². The van der Waals surface area contributed by atoms with Crippen LogP contribution in [0.1, 0.15) is 34.1 Å². The second kappa shape index (κ2) is 7.91. The number of rotatable bonds is 4. The Morgan fingerprint density at radius 1 is 1.28 bits per heavy atom. The smallest absolute Gasteiger partial charge is 0.261 e. The zero-order valence-corrected chi connectivity index (χ0v) is 15.5. The second-order valence-corrected chi connectivity index (χ2v) is 7.54. The van der Waals surface area contributed by atoms with Crippen molar-refractivity contribution in [3.63, 3.8) is 0 Å². The van der Waals surface area contributed by atoms with Gasteiger partial charge in [0.05, 0.1) is 11.1 Å². The maximum Gasteiger partial charge on any atom is 0.261 e. The van der Waals surface area contributed by atoms with Gasteiger partial charge >= 0.3 is 0 Å². The molecule has 2 aliphatic heterocycles. The van der Waals surface area contributed by atoms with Crippen molar-refractivity contribution in [2.75, 3.05) is 39.0 Å². The summed E-state index contributed by atoms with van der Waals surface area (Å²) in [6, 6.07) is 6.98. The number of fused-ring (bicyclic) bond motifs is 1. The summed E-state index contributed by atoms with van der Waals surface area (Å²) in [7, 11) is 1.77. The molecule has 25 heavy (non-hydrogen) atoms. The number of guanidine groups is 1. The van der Waals surface area contributed by atoms with Gasteiger partial charge in [-0.3, -0.25) is 19.5 Å². The Hall–Kier alpha value is -2.02. The van der Waals surface area contributed by atoms with Crippen molar-refractivity contribution in [1.29, 1.82) is 0 Å². The van der Waals surface area contributed by atoms with E-state index in [1.807, 2.05) is 11.8 Å². The van der Waals surface area contributed by atoms with E-state index in [1.165, 1.54) is 4.90 Å². The van der Waals surface area contributed by atoms with E-state index in [0.717, 1.165) is 31.2 Å². The Kier molecular flexibility index (Phi) is 5.63. The molecule has 3 rings (SSSR count). The fourth-order valence-electron chi connectivity index (χ4n) is 3.21. The molecule has 2 heterocycles. The van der Waals surface area contributed by atoms with Crippen LogP contribution in [0.25, 0.3) is 0 Å². The quantitative estimate of drug-likeness (QED) is 0.503. The monoisotopic (exact) mass is 360 g/mol. The van der Waals surface area contributed by atoms with Crippen molar-refractivity contribution in [3.8, 4) is 0 Å². The number of benzene rings is 1. The van der Waals surface area contributed by atoms with Crippen LogP contribution < -0.4 is 5.32 Å². The van der Waals surface area contributed by atoms with E-state index >= 15 is 0 Å². The van der Waals surface area contributed by atoms with Crippen molar-refractivity contribution < 1.29 is 9.59 Å². The fraction of sp³-hybridized carbons (Fsp3) is 0.500. The number of hydrogen-bond acceptors (Lipinski definition) is 4. The largest absolute Gasteiger partial charge is 0.354 e. The Bertz CT molecular complexity index is 656. The third kappa shape index (κ3) is 3.66. The number of thioether (sulfide) groups is 1. The summed E-state index contributed by atoms with van der Waals surface area (Å²) in [5.41, 5.74) is 0.992. The molecule has 0 spiro atoms. The van der Waals surface area contributed by atoms with E-state index in [0.29, 0.717) is 29.5 Å². The van der Waals surface area contributed by atoms with Crippen molar-refractivity contribution in [2.24, 2.45) is 4.99 Å². The molecule has 1 saturated heterocycles. The molecule has 134 valence electrons. The summed E-state index contributed by atoms with van der Waals surface area (Å²) in [5, 5.41) is 3.93. The van der Waals surface area contributed by atoms with Crippen LogP contribution in [0, 0.1) is 0 Å². The van der Waals surface area contributed by atoms with Crippen LogP contribution in [0.4, 0.5) is 0 Å². The van der Waals surface area contributed by atoms with Crippen molar-refractivity contribution in [3.05, 3.63) is 35.4 Å². The lowest BCUT2D eigenvalue weighted by atomic mass is 10.1. The molecule has 7 heteroatoms. The van der Waals surface area contributed by atoms with Crippen LogP contribution in [0.5, 0.6) is 0 Å². The number of nitrogens with one attached hydrogen (secondary N) is 1. The molecule has 1 fully saturated rings. The lowest BCUT2D eigenvalue weighted by Gasteiger charge is -2.34. The molecule has 0 radical (unpaired) electrons. The van der Waals surface area contributed by atoms with Gasteiger partial charge in [0.1, 0.15) is 0 Å². The summed E-state index contributed by atoms with van der Waals surface area (Å²) in [6.07, 6.45) is 1.15. The number of carbonyl (C=O) groups excluding carboxylic acids is 2. The van der Waals surface area contributed by atoms with Crippen LogP contribution in [0.3, 0.4) is 0 Å². The topological polar surface area (TPSA) is 65.0 Å². The fourth-order valence-corrected chi connectivity index (χ4v) is 4.39. The first-order valence-electron chi connectivity index (χ1n) is 8.68. The van der Waals surface area contributed by atoms with Gasteiger partial charge in [-0.1, -0.05) is 19.1 Å². The molecule has 0 bridgehead atoms. The number of amides is 2. The van der Waals surface area contributed by atoms with Crippen LogP contribution in [-0.4, -0.2) is 71.8 Å². The third-order valence-electron chi connectivity index (χ3n) is 4.60. The molecular weight excluding hydrogens is 336 g/mol. The molecule has 6 nitrogen and oxygen atoms in total. The summed E-state index contributed by atoms with van der Waals surface area (Å²) >= 11 is 2.01. The lowest BCUT2D eigenvalue weighted by Crippen LogP contribution is -2.49. The van der Waals surface area contributed by atoms with E-state index in [2.05, 4.69) is 22.1 Å². The van der Waals surface area contributed by atoms with Gasteiger partial charge in [0.25, 0.3) is 11.8 Å². The molecular formula is C18H24N4O2S. The molecule has 1 N–H and O–H groups in total. The van der Waals surface area contributed by atoms with Crippen molar-refractivity contribution in [2.45, 2.75) is 18.6 Å². The minimum Gasteiger partial charge on any atom is -0.354 e. The summed E-state index contributed by atoms with van der Waals surface area (Å²) in [4.78, 5) is 32.7. The SMILES string of the molecule is CCC1CN(C(=NC)NCCN2C(=O)c3ccccc3C2=O)CCS1. The molecule has 0 saturated carbocycles. The highest BCUT2D eigenvalue weighted by Crippen LogP contribution is 2.22. The molecule has 1 unspecified atom stereocenters. The molecule has 2 amide bonds. The highest BCUT2D eigenvalue weighted by molar-refractivity contribution is 8.00. The van der Waals surface area contributed by atoms with Gasteiger partial charge in [-0.15, -0.1) is 0 Å². The van der Waals surface area contributed by atoms with Gasteiger partial charge in [0.2, 0.25) is 0 Å². The maximum absolute atomic E-state index is 12.4. The first-order valence-corrected chi connectivity index (χ1v) is 9.73. The molecule has 2 aliphatic rings. The van der Waals surface area contributed by atoms with E-state index in [9.17, 15) is 9.59 Å². The highest BCUT2D eigenvalue weighted by Gasteiger charge is 2.34. The summed E-state index contributed by atoms with van der Waals surface area (Å²) < 4.78 is 0. The lowest BCUT2D eigenvalue weighted by molar-refractivity contribution is 0.0657. The van der Waals surface area contributed by atoms with Crippen molar-refractivity contribution in [1.82, 2.24) is 15.1 Å². The predicted molar refractivity (Wildman–Crippen MR) is 101 cm³/mol. The molecule has 0 aromatic heterocycles. The minimum atomic E-state index is -0.210. The van der Waals surface area contributed by atoms with Gasteiger partial charge < -0.3 is 10.2 Å². The molecule has 1 aromatic carbocycles. The minimum absolute atomic E-state index is 0.210. The first-order chi connectivity index (χ1) is 12.2. The maximum atomic E-state index is 12.4.